The molecular formula is C22H38IN3O3. The third-order valence-corrected chi connectivity index (χ3v) is 4.41. The quantitative estimate of drug-likeness (QED) is 0.190. The fraction of sp³-hybridized carbons (Fsp3) is 0.682. The molecule has 0 spiro atoms. The maximum Gasteiger partial charge on any atom is 0.191 e. The second-order valence-corrected chi connectivity index (χ2v) is 7.63. The van der Waals surface area contributed by atoms with Crippen LogP contribution in [-0.4, -0.2) is 52.1 Å². The molecule has 7 heteroatoms. The van der Waals surface area contributed by atoms with E-state index in [4.69, 9.17) is 14.2 Å². The van der Waals surface area contributed by atoms with Gasteiger partial charge in [0.25, 0.3) is 0 Å². The van der Waals surface area contributed by atoms with Gasteiger partial charge in [-0.3, -0.25) is 0 Å². The summed E-state index contributed by atoms with van der Waals surface area (Å²) in [5.74, 6) is 2.86. The molecule has 0 bridgehead atoms. The summed E-state index contributed by atoms with van der Waals surface area (Å²) in [6, 6.07) is 8.17. The fourth-order valence-electron chi connectivity index (χ4n) is 2.81. The van der Waals surface area contributed by atoms with Crippen molar-refractivity contribution in [3.8, 4) is 5.75 Å². The third kappa shape index (κ3) is 11.6. The number of benzene rings is 1. The van der Waals surface area contributed by atoms with E-state index in [1.165, 1.54) is 0 Å². The molecule has 166 valence electrons. The molecule has 0 amide bonds. The van der Waals surface area contributed by atoms with Crippen LogP contribution in [0.1, 0.15) is 39.2 Å². The zero-order valence-electron chi connectivity index (χ0n) is 18.1. The zero-order valence-corrected chi connectivity index (χ0v) is 20.4. The van der Waals surface area contributed by atoms with Crippen molar-refractivity contribution in [2.75, 3.05) is 46.1 Å². The highest BCUT2D eigenvalue weighted by Gasteiger charge is 2.15. The molecule has 0 aromatic heterocycles. The van der Waals surface area contributed by atoms with Crippen molar-refractivity contribution in [2.24, 2.45) is 16.8 Å². The van der Waals surface area contributed by atoms with Crippen LogP contribution < -0.4 is 15.4 Å². The molecule has 1 aromatic rings. The maximum absolute atomic E-state index is 5.74. The average Bonchev–Trinajstić information content (AvgIpc) is 3.21. The van der Waals surface area contributed by atoms with Gasteiger partial charge in [-0.1, -0.05) is 26.0 Å². The maximum atomic E-state index is 5.74. The third-order valence-electron chi connectivity index (χ3n) is 4.41. The lowest BCUT2D eigenvalue weighted by Gasteiger charge is -2.12. The lowest BCUT2D eigenvalue weighted by Crippen LogP contribution is -2.38. The second-order valence-electron chi connectivity index (χ2n) is 7.63. The topological polar surface area (TPSA) is 64.1 Å². The molecule has 1 aliphatic rings. The van der Waals surface area contributed by atoms with Crippen LogP contribution >= 0.6 is 24.0 Å². The van der Waals surface area contributed by atoms with E-state index in [-0.39, 0.29) is 24.0 Å². The summed E-state index contributed by atoms with van der Waals surface area (Å²) in [7, 11) is 0. The summed E-state index contributed by atoms with van der Waals surface area (Å²) in [4.78, 5) is 4.66. The summed E-state index contributed by atoms with van der Waals surface area (Å²) in [5.41, 5.74) is 1.16. The van der Waals surface area contributed by atoms with Gasteiger partial charge in [-0.25, -0.2) is 4.99 Å². The molecule has 0 aliphatic carbocycles. The van der Waals surface area contributed by atoms with Gasteiger partial charge < -0.3 is 24.8 Å². The molecule has 1 heterocycles. The Bertz CT molecular complexity index is 561. The minimum absolute atomic E-state index is 0. The fourth-order valence-corrected chi connectivity index (χ4v) is 2.81. The van der Waals surface area contributed by atoms with Gasteiger partial charge in [0, 0.05) is 32.2 Å². The Kier molecular flexibility index (Phi) is 14.1. The Hall–Kier alpha value is -1.06. The van der Waals surface area contributed by atoms with Gasteiger partial charge >= 0.3 is 0 Å². The molecule has 1 atom stereocenters. The highest BCUT2D eigenvalue weighted by Crippen LogP contribution is 2.14. The van der Waals surface area contributed by atoms with E-state index in [2.05, 4.69) is 48.5 Å². The van der Waals surface area contributed by atoms with E-state index >= 15 is 0 Å². The van der Waals surface area contributed by atoms with Crippen LogP contribution in [0.4, 0.5) is 0 Å². The Balaban J connectivity index is 0.00000420. The van der Waals surface area contributed by atoms with Crippen LogP contribution in [0.2, 0.25) is 0 Å². The number of nitrogens with zero attached hydrogens (tertiary/aromatic N) is 1. The van der Waals surface area contributed by atoms with Crippen molar-refractivity contribution in [1.82, 2.24) is 10.6 Å². The lowest BCUT2D eigenvalue weighted by molar-refractivity contribution is 0.0888. The second kappa shape index (κ2) is 15.7. The van der Waals surface area contributed by atoms with Crippen molar-refractivity contribution in [2.45, 2.75) is 40.2 Å². The highest BCUT2D eigenvalue weighted by molar-refractivity contribution is 14.0. The highest BCUT2D eigenvalue weighted by atomic mass is 127. The predicted molar refractivity (Wildman–Crippen MR) is 129 cm³/mol. The molecule has 0 saturated carbocycles. The molecule has 2 rings (SSSR count). The minimum atomic E-state index is 0. The van der Waals surface area contributed by atoms with Gasteiger partial charge in [0.15, 0.2) is 5.96 Å². The number of hydrogen-bond donors (Lipinski definition) is 2. The molecule has 0 radical (unpaired) electrons. The van der Waals surface area contributed by atoms with Crippen LogP contribution in [-0.2, 0) is 16.0 Å². The number of halogens is 1. The van der Waals surface area contributed by atoms with Crippen molar-refractivity contribution in [1.29, 1.82) is 0 Å². The van der Waals surface area contributed by atoms with E-state index in [0.717, 1.165) is 76.2 Å². The Labute approximate surface area is 193 Å². The summed E-state index contributed by atoms with van der Waals surface area (Å²) >= 11 is 0. The van der Waals surface area contributed by atoms with Crippen molar-refractivity contribution < 1.29 is 14.2 Å². The molecule has 1 fully saturated rings. The largest absolute Gasteiger partial charge is 0.493 e. The number of guanidine groups is 1. The van der Waals surface area contributed by atoms with Crippen LogP contribution in [0.5, 0.6) is 5.75 Å². The number of aliphatic imine (C=N–C) groups is 1. The summed E-state index contributed by atoms with van der Waals surface area (Å²) < 4.78 is 16.8. The van der Waals surface area contributed by atoms with Gasteiger partial charge in [0.2, 0.25) is 0 Å². The van der Waals surface area contributed by atoms with Crippen molar-refractivity contribution in [3.05, 3.63) is 29.8 Å². The summed E-state index contributed by atoms with van der Waals surface area (Å²) in [5, 5.41) is 6.66. The first-order valence-electron chi connectivity index (χ1n) is 10.6. The first kappa shape index (κ1) is 26.0. The number of ether oxygens (including phenoxy) is 3. The van der Waals surface area contributed by atoms with Gasteiger partial charge in [-0.15, -0.1) is 24.0 Å². The molecule has 6 nitrogen and oxygen atoms in total. The standard InChI is InChI=1S/C22H37N3O3.HI/c1-4-23-22(24-11-5-12-26-16-20-10-13-27-17-20)25-14-19-6-8-21(9-7-19)28-15-18(2)3;/h6-9,18,20H,4-5,10-17H2,1-3H3,(H2,23,24,25);1H. The predicted octanol–water partition coefficient (Wildman–Crippen LogP) is 3.84. The monoisotopic (exact) mass is 519 g/mol. The van der Waals surface area contributed by atoms with Gasteiger partial charge in [-0.2, -0.15) is 0 Å². The van der Waals surface area contributed by atoms with Crippen LogP contribution in [0.15, 0.2) is 29.3 Å². The molecule has 1 unspecified atom stereocenters. The number of hydrogen-bond acceptors (Lipinski definition) is 4. The van der Waals surface area contributed by atoms with Crippen molar-refractivity contribution in [3.63, 3.8) is 0 Å². The molecule has 29 heavy (non-hydrogen) atoms. The van der Waals surface area contributed by atoms with E-state index in [1.807, 2.05) is 12.1 Å². The normalized spacial score (nSPS) is 16.6. The van der Waals surface area contributed by atoms with E-state index in [9.17, 15) is 0 Å². The Morgan fingerprint density at radius 1 is 1.24 bits per heavy atom. The van der Waals surface area contributed by atoms with E-state index < -0.39 is 0 Å². The van der Waals surface area contributed by atoms with Gasteiger partial charge in [0.1, 0.15) is 5.75 Å². The van der Waals surface area contributed by atoms with Crippen LogP contribution in [0.3, 0.4) is 0 Å². The number of nitrogens with one attached hydrogen (secondary N) is 2. The molecule has 1 aliphatic heterocycles. The first-order chi connectivity index (χ1) is 13.7. The van der Waals surface area contributed by atoms with Crippen LogP contribution in [0.25, 0.3) is 0 Å². The molecule has 1 aromatic carbocycles. The molecule has 2 N–H and O–H groups in total. The molecular weight excluding hydrogens is 481 g/mol. The Morgan fingerprint density at radius 3 is 2.69 bits per heavy atom. The smallest absolute Gasteiger partial charge is 0.191 e. The first-order valence-corrected chi connectivity index (χ1v) is 10.6. The Morgan fingerprint density at radius 2 is 2.03 bits per heavy atom. The van der Waals surface area contributed by atoms with E-state index in [1.54, 1.807) is 0 Å². The average molecular weight is 519 g/mol. The van der Waals surface area contributed by atoms with Crippen molar-refractivity contribution >= 4 is 29.9 Å². The van der Waals surface area contributed by atoms with Gasteiger partial charge in [0.05, 0.1) is 26.4 Å². The zero-order chi connectivity index (χ0) is 20.0. The number of rotatable bonds is 12. The van der Waals surface area contributed by atoms with Gasteiger partial charge in [-0.05, 0) is 43.4 Å². The minimum Gasteiger partial charge on any atom is -0.493 e. The van der Waals surface area contributed by atoms with Crippen LogP contribution in [0, 0.1) is 11.8 Å². The molecule has 1 saturated heterocycles. The lowest BCUT2D eigenvalue weighted by atomic mass is 10.1. The summed E-state index contributed by atoms with van der Waals surface area (Å²) in [6.07, 6.45) is 2.08. The summed E-state index contributed by atoms with van der Waals surface area (Å²) in [6.45, 7) is 12.7. The van der Waals surface area contributed by atoms with E-state index in [0.29, 0.717) is 18.4 Å². The SMILES string of the molecule is CCNC(=NCc1ccc(OCC(C)C)cc1)NCCCOCC1CCOC1.I.